The molecule has 0 spiro atoms. The molecule has 1 aliphatic heterocycles. The van der Waals surface area contributed by atoms with Crippen molar-refractivity contribution in [2.24, 2.45) is 0 Å². The first-order chi connectivity index (χ1) is 8.84. The van der Waals surface area contributed by atoms with Crippen molar-refractivity contribution in [1.29, 1.82) is 0 Å². The highest BCUT2D eigenvalue weighted by Gasteiger charge is 2.40. The Morgan fingerprint density at radius 2 is 2.05 bits per heavy atom. The maximum absolute atomic E-state index is 12.6. The van der Waals surface area contributed by atoms with Gasteiger partial charge in [0.25, 0.3) is 5.91 Å². The number of methoxy groups -OCH3 is 1. The number of alkyl halides is 3. The predicted molar refractivity (Wildman–Crippen MR) is 56.9 cm³/mol. The topological polar surface area (TPSA) is 60.2 Å². The SMILES string of the molecule is COC(C)C(=O)N1CCn2c(nnc2C(F)(F)F)C1. The molecule has 1 atom stereocenters. The number of fused-ring (bicyclic) bond motifs is 1. The fraction of sp³-hybridized carbons (Fsp3) is 0.700. The minimum atomic E-state index is -4.53. The Balaban J connectivity index is 2.18. The second-order valence-corrected chi connectivity index (χ2v) is 4.23. The number of nitrogens with zero attached hydrogens (tertiary/aromatic N) is 4. The molecule has 1 aliphatic rings. The third-order valence-electron chi connectivity index (χ3n) is 3.02. The first-order valence-electron chi connectivity index (χ1n) is 5.65. The maximum Gasteiger partial charge on any atom is 0.451 e. The number of hydrogen-bond donors (Lipinski definition) is 0. The lowest BCUT2D eigenvalue weighted by Gasteiger charge is -2.29. The number of aromatic nitrogens is 3. The molecule has 2 heterocycles. The third-order valence-corrected chi connectivity index (χ3v) is 3.02. The summed E-state index contributed by atoms with van der Waals surface area (Å²) in [4.78, 5) is 13.3. The Morgan fingerprint density at radius 1 is 1.37 bits per heavy atom. The van der Waals surface area contributed by atoms with Crippen molar-refractivity contribution in [3.8, 4) is 0 Å². The molecule has 0 fully saturated rings. The zero-order valence-corrected chi connectivity index (χ0v) is 10.4. The van der Waals surface area contributed by atoms with E-state index >= 15 is 0 Å². The molecule has 0 saturated carbocycles. The minimum absolute atomic E-state index is 0.00954. The van der Waals surface area contributed by atoms with Crippen molar-refractivity contribution in [2.45, 2.75) is 32.3 Å². The van der Waals surface area contributed by atoms with E-state index in [9.17, 15) is 18.0 Å². The molecular weight excluding hydrogens is 265 g/mol. The molecule has 106 valence electrons. The summed E-state index contributed by atoms with van der Waals surface area (Å²) in [6, 6.07) is 0. The van der Waals surface area contributed by atoms with Gasteiger partial charge in [-0.1, -0.05) is 0 Å². The first-order valence-corrected chi connectivity index (χ1v) is 5.65. The van der Waals surface area contributed by atoms with Gasteiger partial charge in [0.2, 0.25) is 5.82 Å². The molecule has 1 amide bonds. The van der Waals surface area contributed by atoms with Gasteiger partial charge < -0.3 is 14.2 Å². The van der Waals surface area contributed by atoms with Crippen LogP contribution >= 0.6 is 0 Å². The van der Waals surface area contributed by atoms with E-state index in [4.69, 9.17) is 4.74 Å². The Kier molecular flexibility index (Phi) is 3.48. The smallest absolute Gasteiger partial charge is 0.372 e. The highest BCUT2D eigenvalue weighted by Crippen LogP contribution is 2.29. The van der Waals surface area contributed by atoms with Gasteiger partial charge in [0, 0.05) is 20.2 Å². The molecule has 6 nitrogen and oxygen atoms in total. The van der Waals surface area contributed by atoms with E-state index in [0.717, 1.165) is 4.57 Å². The highest BCUT2D eigenvalue weighted by atomic mass is 19.4. The summed E-state index contributed by atoms with van der Waals surface area (Å²) in [6.45, 7) is 1.80. The number of amides is 1. The van der Waals surface area contributed by atoms with Crippen molar-refractivity contribution in [3.63, 3.8) is 0 Å². The van der Waals surface area contributed by atoms with Crippen LogP contribution in [0.15, 0.2) is 0 Å². The van der Waals surface area contributed by atoms with Crippen LogP contribution in [0, 0.1) is 0 Å². The van der Waals surface area contributed by atoms with Gasteiger partial charge in [-0.05, 0) is 6.92 Å². The third kappa shape index (κ3) is 2.55. The normalized spacial score (nSPS) is 17.2. The summed E-state index contributed by atoms with van der Waals surface area (Å²) in [5.74, 6) is -1.16. The van der Waals surface area contributed by atoms with Crippen molar-refractivity contribution in [1.82, 2.24) is 19.7 Å². The second-order valence-electron chi connectivity index (χ2n) is 4.23. The molecule has 2 rings (SSSR count). The largest absolute Gasteiger partial charge is 0.451 e. The van der Waals surface area contributed by atoms with Crippen LogP contribution in [0.25, 0.3) is 0 Å². The standard InChI is InChI=1S/C10H13F3N4O2/c1-6(19-2)8(18)16-3-4-17-7(5-16)14-15-9(17)10(11,12)13/h6H,3-5H2,1-2H3. The van der Waals surface area contributed by atoms with Crippen LogP contribution in [0.3, 0.4) is 0 Å². The second kappa shape index (κ2) is 4.80. The molecule has 0 aliphatic carbocycles. The number of rotatable bonds is 2. The molecule has 0 N–H and O–H groups in total. The molecule has 1 aromatic heterocycles. The fourth-order valence-corrected chi connectivity index (χ4v) is 1.91. The monoisotopic (exact) mass is 278 g/mol. The highest BCUT2D eigenvalue weighted by molar-refractivity contribution is 5.80. The maximum atomic E-state index is 12.6. The van der Waals surface area contributed by atoms with Crippen LogP contribution in [0.5, 0.6) is 0 Å². The van der Waals surface area contributed by atoms with E-state index in [0.29, 0.717) is 0 Å². The lowest BCUT2D eigenvalue weighted by atomic mass is 10.3. The van der Waals surface area contributed by atoms with Gasteiger partial charge in [-0.15, -0.1) is 10.2 Å². The molecule has 9 heteroatoms. The van der Waals surface area contributed by atoms with Crippen LogP contribution in [0.1, 0.15) is 18.6 Å². The van der Waals surface area contributed by atoms with Gasteiger partial charge in [0.05, 0.1) is 6.54 Å². The van der Waals surface area contributed by atoms with Gasteiger partial charge in [-0.3, -0.25) is 4.79 Å². The summed E-state index contributed by atoms with van der Waals surface area (Å²) in [7, 11) is 1.40. The minimum Gasteiger partial charge on any atom is -0.372 e. The van der Waals surface area contributed by atoms with Crippen molar-refractivity contribution in [3.05, 3.63) is 11.6 Å². The molecular formula is C10H13F3N4O2. The number of carbonyl (C=O) groups is 1. The van der Waals surface area contributed by atoms with Crippen LogP contribution in [0.4, 0.5) is 13.2 Å². The quantitative estimate of drug-likeness (QED) is 0.798. The van der Waals surface area contributed by atoms with E-state index in [-0.39, 0.29) is 31.4 Å². The zero-order valence-electron chi connectivity index (χ0n) is 10.4. The molecule has 0 bridgehead atoms. The van der Waals surface area contributed by atoms with Crippen LogP contribution < -0.4 is 0 Å². The Hall–Kier alpha value is -1.64. The Morgan fingerprint density at radius 3 is 2.63 bits per heavy atom. The average Bonchev–Trinajstić information content (AvgIpc) is 2.79. The zero-order chi connectivity index (χ0) is 14.2. The van der Waals surface area contributed by atoms with Gasteiger partial charge in [0.1, 0.15) is 6.10 Å². The van der Waals surface area contributed by atoms with Gasteiger partial charge in [0.15, 0.2) is 5.82 Å². The number of halogens is 3. The van der Waals surface area contributed by atoms with Crippen molar-refractivity contribution >= 4 is 5.91 Å². The van der Waals surface area contributed by atoms with Crippen molar-refractivity contribution < 1.29 is 22.7 Å². The van der Waals surface area contributed by atoms with E-state index < -0.39 is 18.1 Å². The van der Waals surface area contributed by atoms with Crippen molar-refractivity contribution in [2.75, 3.05) is 13.7 Å². The van der Waals surface area contributed by atoms with Gasteiger partial charge in [-0.25, -0.2) is 0 Å². The van der Waals surface area contributed by atoms with Crippen LogP contribution in [-0.2, 0) is 28.8 Å². The van der Waals surface area contributed by atoms with Crippen LogP contribution in [0.2, 0.25) is 0 Å². The summed E-state index contributed by atoms with van der Waals surface area (Å²) >= 11 is 0. The van der Waals surface area contributed by atoms with Gasteiger partial charge >= 0.3 is 6.18 Å². The Bertz CT molecular complexity index is 486. The molecule has 1 aromatic rings. The summed E-state index contributed by atoms with van der Waals surface area (Å²) in [5.41, 5.74) is 0. The van der Waals surface area contributed by atoms with E-state index in [1.807, 2.05) is 0 Å². The molecule has 19 heavy (non-hydrogen) atoms. The number of hydrogen-bond acceptors (Lipinski definition) is 4. The van der Waals surface area contributed by atoms with E-state index in [1.165, 1.54) is 12.0 Å². The number of carbonyl (C=O) groups excluding carboxylic acids is 1. The lowest BCUT2D eigenvalue weighted by molar-refractivity contribution is -0.148. The fourth-order valence-electron chi connectivity index (χ4n) is 1.91. The predicted octanol–water partition coefficient (Wildman–Crippen LogP) is 0.674. The molecule has 0 radical (unpaired) electrons. The Labute approximate surface area is 107 Å². The average molecular weight is 278 g/mol. The molecule has 0 aromatic carbocycles. The molecule has 0 saturated heterocycles. The lowest BCUT2D eigenvalue weighted by Crippen LogP contribution is -2.43. The first kappa shape index (κ1) is 13.8. The van der Waals surface area contributed by atoms with Crippen LogP contribution in [-0.4, -0.2) is 45.3 Å². The number of ether oxygens (including phenoxy) is 1. The summed E-state index contributed by atoms with van der Waals surface area (Å²) in [6.07, 6.45) is -5.16. The summed E-state index contributed by atoms with van der Waals surface area (Å²) in [5, 5.41) is 6.65. The van der Waals surface area contributed by atoms with E-state index in [2.05, 4.69) is 10.2 Å². The molecule has 1 unspecified atom stereocenters. The van der Waals surface area contributed by atoms with Gasteiger partial charge in [-0.2, -0.15) is 13.2 Å². The van der Waals surface area contributed by atoms with E-state index in [1.54, 1.807) is 6.92 Å². The summed E-state index contributed by atoms with van der Waals surface area (Å²) < 4.78 is 43.8.